The number of hydrogen-bond acceptors (Lipinski definition) is 4. The lowest BCUT2D eigenvalue weighted by Crippen LogP contribution is -2.29. The summed E-state index contributed by atoms with van der Waals surface area (Å²) in [6.07, 6.45) is 0.892. The number of para-hydroxylation sites is 1. The van der Waals surface area contributed by atoms with Crippen molar-refractivity contribution in [3.8, 4) is 5.75 Å². The molecule has 186 valence electrons. The highest BCUT2D eigenvalue weighted by atomic mass is 16.5. The summed E-state index contributed by atoms with van der Waals surface area (Å²) in [6.45, 7) is 10.8. The fourth-order valence-corrected chi connectivity index (χ4v) is 4.46. The van der Waals surface area contributed by atoms with Crippen LogP contribution >= 0.6 is 0 Å². The smallest absolute Gasteiger partial charge is 0.300 e. The zero-order valence-electron chi connectivity index (χ0n) is 21.5. The number of carbonyl (C=O) groups is 2. The number of aryl methyl sites for hydroxylation is 1. The van der Waals surface area contributed by atoms with Gasteiger partial charge in [0.25, 0.3) is 11.7 Å². The molecule has 36 heavy (non-hydrogen) atoms. The number of Topliss-reactive ketones (excluding diaryl/α,β-unsaturated/α-hetero) is 1. The first-order chi connectivity index (χ1) is 17.1. The molecule has 1 fully saturated rings. The van der Waals surface area contributed by atoms with Crippen LogP contribution < -0.4 is 9.64 Å². The maximum Gasteiger partial charge on any atom is 0.300 e. The molecule has 5 nitrogen and oxygen atoms in total. The predicted octanol–water partition coefficient (Wildman–Crippen LogP) is 6.71. The summed E-state index contributed by atoms with van der Waals surface area (Å²) in [5, 5.41) is 11.6. The van der Waals surface area contributed by atoms with Crippen LogP contribution in [0.1, 0.15) is 62.4 Å². The van der Waals surface area contributed by atoms with Gasteiger partial charge in [0.05, 0.1) is 18.2 Å². The Morgan fingerprint density at radius 3 is 2.25 bits per heavy atom. The maximum atomic E-state index is 13.5. The monoisotopic (exact) mass is 483 g/mol. The van der Waals surface area contributed by atoms with Gasteiger partial charge in [-0.05, 0) is 65.8 Å². The topological polar surface area (TPSA) is 66.8 Å². The Hall–Kier alpha value is -3.86. The third kappa shape index (κ3) is 4.78. The van der Waals surface area contributed by atoms with E-state index in [2.05, 4.69) is 20.8 Å². The number of hydrogen-bond donors (Lipinski definition) is 1. The van der Waals surface area contributed by atoms with Crippen molar-refractivity contribution in [1.29, 1.82) is 0 Å². The van der Waals surface area contributed by atoms with Crippen molar-refractivity contribution in [2.75, 3.05) is 11.5 Å². The Balaban J connectivity index is 1.91. The van der Waals surface area contributed by atoms with E-state index in [9.17, 15) is 14.7 Å². The highest BCUT2D eigenvalue weighted by molar-refractivity contribution is 6.51. The predicted molar refractivity (Wildman–Crippen MR) is 143 cm³/mol. The molecule has 3 aromatic rings. The van der Waals surface area contributed by atoms with Gasteiger partial charge < -0.3 is 9.84 Å². The molecule has 0 spiro atoms. The Bertz CT molecular complexity index is 1300. The fraction of sp³-hybridized carbons (Fsp3) is 0.290. The van der Waals surface area contributed by atoms with Crippen LogP contribution in [0.2, 0.25) is 0 Å². The van der Waals surface area contributed by atoms with E-state index < -0.39 is 17.7 Å². The van der Waals surface area contributed by atoms with E-state index in [1.54, 1.807) is 12.1 Å². The van der Waals surface area contributed by atoms with Gasteiger partial charge in [0.15, 0.2) is 0 Å². The maximum absolute atomic E-state index is 13.5. The molecule has 0 aliphatic carbocycles. The van der Waals surface area contributed by atoms with E-state index in [1.165, 1.54) is 4.90 Å². The molecule has 1 saturated heterocycles. The zero-order chi connectivity index (χ0) is 26.0. The molecular weight excluding hydrogens is 450 g/mol. The lowest BCUT2D eigenvalue weighted by Gasteiger charge is -2.26. The first-order valence-corrected chi connectivity index (χ1v) is 12.3. The van der Waals surface area contributed by atoms with Crippen molar-refractivity contribution >= 4 is 23.1 Å². The highest BCUT2D eigenvalue weighted by Crippen LogP contribution is 2.43. The van der Waals surface area contributed by atoms with Crippen LogP contribution in [0.5, 0.6) is 5.75 Å². The molecule has 1 unspecified atom stereocenters. The van der Waals surface area contributed by atoms with E-state index in [0.29, 0.717) is 29.2 Å². The van der Waals surface area contributed by atoms with Crippen molar-refractivity contribution in [3.63, 3.8) is 0 Å². The first-order valence-electron chi connectivity index (χ1n) is 12.3. The summed E-state index contributed by atoms with van der Waals surface area (Å²) in [4.78, 5) is 28.3. The molecule has 0 radical (unpaired) electrons. The Morgan fingerprint density at radius 1 is 0.972 bits per heavy atom. The van der Waals surface area contributed by atoms with Gasteiger partial charge in [0, 0.05) is 11.3 Å². The van der Waals surface area contributed by atoms with E-state index in [1.807, 2.05) is 74.5 Å². The molecule has 5 heteroatoms. The van der Waals surface area contributed by atoms with Crippen molar-refractivity contribution in [3.05, 3.63) is 101 Å². The van der Waals surface area contributed by atoms with Crippen LogP contribution in [0.3, 0.4) is 0 Å². The van der Waals surface area contributed by atoms with Crippen LogP contribution in [0.15, 0.2) is 78.4 Å². The van der Waals surface area contributed by atoms with E-state index in [0.717, 1.165) is 17.5 Å². The number of ether oxygens (including phenoxy) is 1. The number of amides is 1. The molecule has 1 amide bonds. The molecule has 1 heterocycles. The molecule has 1 aliphatic rings. The van der Waals surface area contributed by atoms with Gasteiger partial charge in [-0.25, -0.2) is 0 Å². The summed E-state index contributed by atoms with van der Waals surface area (Å²) in [7, 11) is 0. The molecule has 1 aliphatic heterocycles. The molecule has 4 rings (SSSR count). The number of benzene rings is 3. The number of ketones is 1. The van der Waals surface area contributed by atoms with Crippen LogP contribution in [-0.4, -0.2) is 23.4 Å². The molecule has 3 aromatic carbocycles. The number of anilines is 1. The van der Waals surface area contributed by atoms with Gasteiger partial charge >= 0.3 is 0 Å². The SMILES string of the molecule is CCCOc1ccc(C2/C(=C(\O)c3cc(C(C)(C)C)ccc3C)C(=O)C(=O)N2c2ccccc2)cc1. The summed E-state index contributed by atoms with van der Waals surface area (Å²) < 4.78 is 5.72. The highest BCUT2D eigenvalue weighted by Gasteiger charge is 2.47. The number of carbonyl (C=O) groups excluding carboxylic acids is 2. The van der Waals surface area contributed by atoms with Gasteiger partial charge in [-0.1, -0.05) is 70.2 Å². The second-order valence-corrected chi connectivity index (χ2v) is 10.2. The summed E-state index contributed by atoms with van der Waals surface area (Å²) in [6, 6.07) is 21.6. The minimum absolute atomic E-state index is 0.0836. The van der Waals surface area contributed by atoms with Gasteiger partial charge in [-0.3, -0.25) is 14.5 Å². The Labute approximate surface area is 213 Å². The van der Waals surface area contributed by atoms with Gasteiger partial charge in [0.1, 0.15) is 11.5 Å². The minimum atomic E-state index is -0.773. The standard InChI is InChI=1S/C31H33NO4/c1-6-18-36-24-16-13-21(14-17-24)27-26(29(34)30(35)32(27)23-10-8-7-9-11-23)28(33)25-19-22(31(3,4)5)15-12-20(25)2/h7-17,19,27,33H,6,18H2,1-5H3/b28-26+. The quantitative estimate of drug-likeness (QED) is 0.240. The number of nitrogens with zero attached hydrogens (tertiary/aromatic N) is 1. The van der Waals surface area contributed by atoms with Crippen LogP contribution in [0, 0.1) is 6.92 Å². The lowest BCUT2D eigenvalue weighted by atomic mass is 9.84. The van der Waals surface area contributed by atoms with Crippen molar-refractivity contribution < 1.29 is 19.4 Å². The summed E-state index contributed by atoms with van der Waals surface area (Å²) >= 11 is 0. The number of aliphatic hydroxyl groups is 1. The molecule has 1 N–H and O–H groups in total. The van der Waals surface area contributed by atoms with Crippen LogP contribution in [0.25, 0.3) is 5.76 Å². The third-order valence-electron chi connectivity index (χ3n) is 6.51. The normalized spacial score (nSPS) is 17.5. The largest absolute Gasteiger partial charge is 0.507 e. The Kier molecular flexibility index (Phi) is 7.02. The fourth-order valence-electron chi connectivity index (χ4n) is 4.46. The summed E-state index contributed by atoms with van der Waals surface area (Å²) in [5.74, 6) is -0.811. The van der Waals surface area contributed by atoms with Crippen LogP contribution in [-0.2, 0) is 15.0 Å². The Morgan fingerprint density at radius 2 is 1.64 bits per heavy atom. The van der Waals surface area contributed by atoms with Gasteiger partial charge in [-0.2, -0.15) is 0 Å². The third-order valence-corrected chi connectivity index (χ3v) is 6.51. The van der Waals surface area contributed by atoms with Crippen molar-refractivity contribution in [2.45, 2.75) is 52.5 Å². The number of rotatable bonds is 6. The average molecular weight is 484 g/mol. The molecular formula is C31H33NO4. The molecule has 1 atom stereocenters. The average Bonchev–Trinajstić information content (AvgIpc) is 3.13. The second-order valence-electron chi connectivity index (χ2n) is 10.2. The van der Waals surface area contributed by atoms with Crippen molar-refractivity contribution in [1.82, 2.24) is 0 Å². The zero-order valence-corrected chi connectivity index (χ0v) is 21.5. The molecule has 0 saturated carbocycles. The van der Waals surface area contributed by atoms with Gasteiger partial charge in [0.2, 0.25) is 0 Å². The lowest BCUT2D eigenvalue weighted by molar-refractivity contribution is -0.132. The first kappa shape index (κ1) is 25.2. The van der Waals surface area contributed by atoms with E-state index in [4.69, 9.17) is 4.74 Å². The van der Waals surface area contributed by atoms with E-state index in [-0.39, 0.29) is 16.7 Å². The van der Waals surface area contributed by atoms with Gasteiger partial charge in [-0.15, -0.1) is 0 Å². The molecule has 0 aromatic heterocycles. The van der Waals surface area contributed by atoms with Crippen molar-refractivity contribution in [2.24, 2.45) is 0 Å². The van der Waals surface area contributed by atoms with E-state index >= 15 is 0 Å². The second kappa shape index (κ2) is 10.0. The minimum Gasteiger partial charge on any atom is -0.507 e. The summed E-state index contributed by atoms with van der Waals surface area (Å²) in [5.41, 5.74) is 3.66. The number of aliphatic hydroxyl groups excluding tert-OH is 1. The van der Waals surface area contributed by atoms with Crippen LogP contribution in [0.4, 0.5) is 5.69 Å². The molecule has 0 bridgehead atoms.